The highest BCUT2D eigenvalue weighted by atomic mass is 35.5. The molecule has 0 atom stereocenters. The van der Waals surface area contributed by atoms with Gasteiger partial charge in [-0.1, -0.05) is 23.5 Å². The number of rotatable bonds is 6. The minimum Gasteiger partial charge on any atom is -0.379 e. The van der Waals surface area contributed by atoms with E-state index in [9.17, 15) is 13.6 Å². The highest BCUT2D eigenvalue weighted by Gasteiger charge is 2.25. The Labute approximate surface area is 203 Å². The van der Waals surface area contributed by atoms with E-state index in [1.54, 1.807) is 4.90 Å². The maximum Gasteiger partial charge on any atom is 0.289 e. The molecule has 2 aromatic carbocycles. The Morgan fingerprint density at radius 2 is 1.88 bits per heavy atom. The molecule has 4 aromatic rings. The van der Waals surface area contributed by atoms with Crippen molar-refractivity contribution < 1.29 is 18.3 Å². The summed E-state index contributed by atoms with van der Waals surface area (Å²) in [6.07, 6.45) is 0.712. The number of morpholine rings is 1. The number of nitrogens with zero attached hydrogens (tertiary/aromatic N) is 4. The number of hydrogen-bond acceptors (Lipinski definition) is 7. The molecule has 0 N–H and O–H groups in total. The van der Waals surface area contributed by atoms with Crippen LogP contribution in [0.4, 0.5) is 13.9 Å². The molecule has 1 fully saturated rings. The summed E-state index contributed by atoms with van der Waals surface area (Å²) in [6.45, 7) is 4.33. The van der Waals surface area contributed by atoms with Crippen LogP contribution in [0.25, 0.3) is 20.4 Å². The van der Waals surface area contributed by atoms with Crippen molar-refractivity contribution >= 4 is 66.6 Å². The number of anilines is 1. The van der Waals surface area contributed by atoms with Gasteiger partial charge in [0.25, 0.3) is 5.91 Å². The Bertz CT molecular complexity index is 1240. The summed E-state index contributed by atoms with van der Waals surface area (Å²) in [5.41, 5.74) is 0.827. The van der Waals surface area contributed by atoms with Crippen LogP contribution in [0.15, 0.2) is 36.4 Å². The van der Waals surface area contributed by atoms with E-state index in [2.05, 4.69) is 14.9 Å². The van der Waals surface area contributed by atoms with Gasteiger partial charge in [0.15, 0.2) is 16.0 Å². The summed E-state index contributed by atoms with van der Waals surface area (Å²) < 4.78 is 34.6. The van der Waals surface area contributed by atoms with Crippen molar-refractivity contribution in [3.05, 3.63) is 53.0 Å². The average Bonchev–Trinajstić information content (AvgIpc) is 3.41. The van der Waals surface area contributed by atoms with E-state index < -0.39 is 11.6 Å². The smallest absolute Gasteiger partial charge is 0.289 e. The van der Waals surface area contributed by atoms with E-state index >= 15 is 0 Å². The minimum absolute atomic E-state index is 0. The van der Waals surface area contributed by atoms with E-state index in [0.29, 0.717) is 41.0 Å². The fraction of sp³-hybridized carbons (Fsp3) is 0.318. The zero-order valence-corrected chi connectivity index (χ0v) is 19.9. The molecule has 3 heterocycles. The Morgan fingerprint density at radius 1 is 1.09 bits per heavy atom. The second-order valence-electron chi connectivity index (χ2n) is 7.48. The number of fused-ring (bicyclic) bond motifs is 2. The average molecular weight is 511 g/mol. The lowest BCUT2D eigenvalue weighted by molar-refractivity contribution is 0.0376. The fourth-order valence-corrected chi connectivity index (χ4v) is 5.65. The second-order valence-corrected chi connectivity index (χ2v) is 9.52. The number of amides is 1. The summed E-state index contributed by atoms with van der Waals surface area (Å²) in [7, 11) is 0. The maximum absolute atomic E-state index is 14.3. The number of hydrogen-bond donors (Lipinski definition) is 0. The van der Waals surface area contributed by atoms with E-state index in [1.165, 1.54) is 17.4 Å². The van der Waals surface area contributed by atoms with Crippen LogP contribution in [-0.2, 0) is 4.74 Å². The maximum atomic E-state index is 14.3. The molecule has 6 nitrogen and oxygen atoms in total. The van der Waals surface area contributed by atoms with Gasteiger partial charge in [0.2, 0.25) is 0 Å². The van der Waals surface area contributed by atoms with Gasteiger partial charge in [-0.05, 0) is 24.6 Å². The Kier molecular flexibility index (Phi) is 7.50. The van der Waals surface area contributed by atoms with Gasteiger partial charge < -0.3 is 4.74 Å². The highest BCUT2D eigenvalue weighted by molar-refractivity contribution is 7.23. The Balaban J connectivity index is 0.00000259. The van der Waals surface area contributed by atoms with Gasteiger partial charge in [0.05, 0.1) is 28.1 Å². The molecule has 1 amide bonds. The van der Waals surface area contributed by atoms with Crippen molar-refractivity contribution in [2.75, 3.05) is 44.3 Å². The fourth-order valence-electron chi connectivity index (χ4n) is 3.70. The van der Waals surface area contributed by atoms with Crippen molar-refractivity contribution in [3.63, 3.8) is 0 Å². The van der Waals surface area contributed by atoms with Gasteiger partial charge in [0.1, 0.15) is 11.3 Å². The van der Waals surface area contributed by atoms with Crippen LogP contribution in [0.3, 0.4) is 0 Å². The molecule has 0 saturated carbocycles. The number of benzene rings is 2. The normalized spacial score (nSPS) is 14.5. The molecule has 0 aliphatic carbocycles. The predicted octanol–water partition coefficient (Wildman–Crippen LogP) is 4.98. The third-order valence-electron chi connectivity index (χ3n) is 5.31. The number of para-hydroxylation sites is 1. The zero-order valence-electron chi connectivity index (χ0n) is 17.5. The summed E-state index contributed by atoms with van der Waals surface area (Å²) >= 11 is 2.42. The third kappa shape index (κ3) is 5.15. The summed E-state index contributed by atoms with van der Waals surface area (Å²) in [5, 5.41) is 0.694. The first-order valence-corrected chi connectivity index (χ1v) is 11.9. The molecule has 33 heavy (non-hydrogen) atoms. The molecule has 5 rings (SSSR count). The van der Waals surface area contributed by atoms with E-state index in [4.69, 9.17) is 4.74 Å². The zero-order chi connectivity index (χ0) is 22.1. The summed E-state index contributed by atoms with van der Waals surface area (Å²) in [5.74, 6) is -1.68. The molecule has 11 heteroatoms. The largest absolute Gasteiger partial charge is 0.379 e. The molecular formula is C22H21ClF2N4O2S2. The molecular weight excluding hydrogens is 490 g/mol. The number of halogens is 3. The third-order valence-corrected chi connectivity index (χ3v) is 7.36. The first-order valence-electron chi connectivity index (χ1n) is 10.3. The number of thiazole rings is 2. The lowest BCUT2D eigenvalue weighted by Crippen LogP contribution is -2.39. The van der Waals surface area contributed by atoms with Crippen LogP contribution in [0.5, 0.6) is 0 Å². The van der Waals surface area contributed by atoms with E-state index in [0.717, 1.165) is 47.3 Å². The van der Waals surface area contributed by atoms with Crippen LogP contribution in [-0.4, -0.2) is 60.2 Å². The monoisotopic (exact) mass is 510 g/mol. The molecule has 1 aliphatic heterocycles. The van der Waals surface area contributed by atoms with E-state index in [-0.39, 0.29) is 23.8 Å². The molecule has 0 bridgehead atoms. The van der Waals surface area contributed by atoms with Crippen LogP contribution in [0.2, 0.25) is 0 Å². The van der Waals surface area contributed by atoms with Gasteiger partial charge >= 0.3 is 0 Å². The van der Waals surface area contributed by atoms with Gasteiger partial charge in [-0.15, -0.1) is 23.7 Å². The first-order chi connectivity index (χ1) is 15.6. The predicted molar refractivity (Wildman–Crippen MR) is 130 cm³/mol. The minimum atomic E-state index is -0.733. The highest BCUT2D eigenvalue weighted by Crippen LogP contribution is 2.33. The van der Waals surface area contributed by atoms with Crippen molar-refractivity contribution in [3.8, 4) is 0 Å². The lowest BCUT2D eigenvalue weighted by Gasteiger charge is -2.27. The second kappa shape index (κ2) is 10.4. The number of carbonyl (C=O) groups excluding carboxylic acids is 1. The van der Waals surface area contributed by atoms with Crippen LogP contribution in [0, 0.1) is 11.6 Å². The quantitative estimate of drug-likeness (QED) is 0.366. The molecule has 1 aliphatic rings. The molecule has 0 unspecified atom stereocenters. The van der Waals surface area contributed by atoms with Gasteiger partial charge in [0, 0.05) is 32.2 Å². The van der Waals surface area contributed by atoms with Gasteiger partial charge in [-0.25, -0.2) is 18.7 Å². The number of ether oxygens (including phenoxy) is 1. The molecule has 1 saturated heterocycles. The number of aromatic nitrogens is 2. The SMILES string of the molecule is Cl.O=C(c1nc2ccccc2s1)N(CCCN1CCOCC1)c1nc2c(F)cc(F)cc2s1. The standard InChI is InChI=1S/C22H20F2N4O2S2.ClH/c23-14-12-15(24)19-18(13-14)32-22(26-19)28(7-3-6-27-8-10-30-11-9-27)21(29)20-25-16-4-1-2-5-17(16)31-20;/h1-2,4-5,12-13H,3,6-11H2;1H. The first kappa shape index (κ1) is 23.9. The van der Waals surface area contributed by atoms with E-state index in [1.807, 2.05) is 24.3 Å². The van der Waals surface area contributed by atoms with Crippen molar-refractivity contribution in [1.82, 2.24) is 14.9 Å². The van der Waals surface area contributed by atoms with Crippen molar-refractivity contribution in [2.45, 2.75) is 6.42 Å². The topological polar surface area (TPSA) is 58.6 Å². The summed E-state index contributed by atoms with van der Waals surface area (Å²) in [6, 6.07) is 9.61. The number of carbonyl (C=O) groups is 1. The molecule has 2 aromatic heterocycles. The molecule has 174 valence electrons. The van der Waals surface area contributed by atoms with Crippen LogP contribution >= 0.6 is 35.1 Å². The molecule has 0 radical (unpaired) electrons. The van der Waals surface area contributed by atoms with Gasteiger partial charge in [-0.2, -0.15) is 0 Å². The Hall–Kier alpha value is -2.24. The Morgan fingerprint density at radius 3 is 2.67 bits per heavy atom. The molecule has 0 spiro atoms. The summed E-state index contributed by atoms with van der Waals surface area (Å²) in [4.78, 5) is 26.1. The van der Waals surface area contributed by atoms with Crippen LogP contribution in [0.1, 0.15) is 16.2 Å². The lowest BCUT2D eigenvalue weighted by atomic mass is 10.3. The van der Waals surface area contributed by atoms with Crippen molar-refractivity contribution in [2.24, 2.45) is 0 Å². The van der Waals surface area contributed by atoms with Crippen molar-refractivity contribution in [1.29, 1.82) is 0 Å². The van der Waals surface area contributed by atoms with Gasteiger partial charge in [-0.3, -0.25) is 14.6 Å². The van der Waals surface area contributed by atoms with Crippen LogP contribution < -0.4 is 4.90 Å².